The molecule has 2 nitrogen and oxygen atoms in total. The van der Waals surface area contributed by atoms with Gasteiger partial charge in [0.2, 0.25) is 0 Å². The van der Waals surface area contributed by atoms with Crippen LogP contribution < -0.4 is 10.1 Å². The highest BCUT2D eigenvalue weighted by atomic mass is 35.5. The first-order chi connectivity index (χ1) is 10.2. The van der Waals surface area contributed by atoms with E-state index in [1.807, 2.05) is 37.0 Å². The number of methoxy groups -OCH3 is 1. The largest absolute Gasteiger partial charge is 0.496 e. The molecule has 112 valence electrons. The molecule has 0 spiro atoms. The molecule has 0 aliphatic rings. The zero-order valence-corrected chi connectivity index (χ0v) is 13.9. The van der Waals surface area contributed by atoms with E-state index >= 15 is 0 Å². The summed E-state index contributed by atoms with van der Waals surface area (Å²) in [7, 11) is 3.68. The number of ether oxygens (including phenoxy) is 1. The smallest absolute Gasteiger partial charge is 0.122 e. The molecule has 0 aliphatic heterocycles. The van der Waals surface area contributed by atoms with E-state index in [1.54, 1.807) is 7.11 Å². The minimum absolute atomic E-state index is 0.783. The molecule has 0 heterocycles. The number of nitrogens with one attached hydrogen (secondary N) is 1. The summed E-state index contributed by atoms with van der Waals surface area (Å²) in [6, 6.07) is 14.4. The third-order valence-corrected chi connectivity index (χ3v) is 4.47. The molecule has 1 N–H and O–H groups in total. The third kappa shape index (κ3) is 4.95. The lowest BCUT2D eigenvalue weighted by Gasteiger charge is -2.11. The van der Waals surface area contributed by atoms with Gasteiger partial charge in [0.25, 0.3) is 0 Å². The molecule has 0 radical (unpaired) electrons. The quantitative estimate of drug-likeness (QED) is 0.811. The van der Waals surface area contributed by atoms with Gasteiger partial charge in [-0.15, -0.1) is 0 Å². The van der Waals surface area contributed by atoms with Gasteiger partial charge in [0.05, 0.1) is 7.11 Å². The number of rotatable bonds is 7. The summed E-state index contributed by atoms with van der Waals surface area (Å²) in [4.78, 5) is 0. The number of hydrogen-bond donors (Lipinski definition) is 1. The van der Waals surface area contributed by atoms with Crippen molar-refractivity contribution in [2.75, 3.05) is 14.2 Å². The van der Waals surface area contributed by atoms with Crippen molar-refractivity contribution in [2.45, 2.75) is 18.1 Å². The van der Waals surface area contributed by atoms with Gasteiger partial charge >= 0.3 is 0 Å². The van der Waals surface area contributed by atoms with Gasteiger partial charge < -0.3 is 10.1 Å². The van der Waals surface area contributed by atoms with Crippen molar-refractivity contribution in [1.82, 2.24) is 5.32 Å². The molecule has 4 heteroatoms. The maximum atomic E-state index is 5.90. The third-order valence-electron chi connectivity index (χ3n) is 3.17. The van der Waals surface area contributed by atoms with Crippen LogP contribution in [0.5, 0.6) is 5.75 Å². The first-order valence-corrected chi connectivity index (χ1v) is 8.38. The van der Waals surface area contributed by atoms with E-state index in [-0.39, 0.29) is 0 Å². The van der Waals surface area contributed by atoms with Gasteiger partial charge in [0.15, 0.2) is 0 Å². The molecule has 2 aromatic rings. The van der Waals surface area contributed by atoms with Crippen molar-refractivity contribution >= 4 is 23.4 Å². The molecule has 21 heavy (non-hydrogen) atoms. The summed E-state index contributed by atoms with van der Waals surface area (Å²) < 4.78 is 5.45. The van der Waals surface area contributed by atoms with Crippen LogP contribution in [0.4, 0.5) is 0 Å². The fraction of sp³-hybridized carbons (Fsp3) is 0.294. The molecule has 0 unspecified atom stereocenters. The number of benzene rings is 2. The van der Waals surface area contributed by atoms with Crippen LogP contribution in [0.25, 0.3) is 0 Å². The second-order valence-electron chi connectivity index (χ2n) is 4.80. The lowest BCUT2D eigenvalue weighted by atomic mass is 10.1. The SMILES string of the molecule is CNCc1ccc(OC)c(CSCc2ccc(Cl)cc2)c1. The fourth-order valence-electron chi connectivity index (χ4n) is 2.12. The first-order valence-electron chi connectivity index (χ1n) is 6.85. The number of hydrogen-bond acceptors (Lipinski definition) is 3. The van der Waals surface area contributed by atoms with Crippen LogP contribution in [-0.2, 0) is 18.1 Å². The highest BCUT2D eigenvalue weighted by Crippen LogP contribution is 2.26. The van der Waals surface area contributed by atoms with E-state index in [0.717, 1.165) is 28.8 Å². The Bertz CT molecular complexity index is 572. The molecule has 0 fully saturated rings. The minimum atomic E-state index is 0.783. The lowest BCUT2D eigenvalue weighted by Crippen LogP contribution is -2.05. The van der Waals surface area contributed by atoms with Crippen LogP contribution in [-0.4, -0.2) is 14.2 Å². The number of thioether (sulfide) groups is 1. The van der Waals surface area contributed by atoms with Crippen LogP contribution in [0.2, 0.25) is 5.02 Å². The van der Waals surface area contributed by atoms with Crippen molar-refractivity contribution in [1.29, 1.82) is 0 Å². The summed E-state index contributed by atoms with van der Waals surface area (Å²) in [5.41, 5.74) is 3.80. The zero-order valence-electron chi connectivity index (χ0n) is 12.4. The van der Waals surface area contributed by atoms with Crippen molar-refractivity contribution < 1.29 is 4.74 Å². The molecule has 0 amide bonds. The lowest BCUT2D eigenvalue weighted by molar-refractivity contribution is 0.411. The minimum Gasteiger partial charge on any atom is -0.496 e. The Morgan fingerprint density at radius 2 is 1.76 bits per heavy atom. The second kappa shape index (κ2) is 8.32. The molecule has 0 aliphatic carbocycles. The van der Waals surface area contributed by atoms with Crippen molar-refractivity contribution in [3.8, 4) is 5.75 Å². The van der Waals surface area contributed by atoms with Crippen LogP contribution >= 0.6 is 23.4 Å². The Balaban J connectivity index is 1.97. The van der Waals surface area contributed by atoms with Crippen LogP contribution in [0.15, 0.2) is 42.5 Å². The summed E-state index contributed by atoms with van der Waals surface area (Å²) in [5.74, 6) is 2.86. The van der Waals surface area contributed by atoms with Gasteiger partial charge in [-0.05, 0) is 42.4 Å². The van der Waals surface area contributed by atoms with E-state index in [0.29, 0.717) is 0 Å². The van der Waals surface area contributed by atoms with Crippen molar-refractivity contribution in [3.63, 3.8) is 0 Å². The van der Waals surface area contributed by atoms with E-state index in [1.165, 1.54) is 16.7 Å². The highest BCUT2D eigenvalue weighted by Gasteiger charge is 2.05. The standard InChI is InChI=1S/C17H20ClNOS/c1-19-10-14-5-8-17(20-2)15(9-14)12-21-11-13-3-6-16(18)7-4-13/h3-9,19H,10-12H2,1-2H3. The van der Waals surface area contributed by atoms with Crippen LogP contribution in [0.1, 0.15) is 16.7 Å². The van der Waals surface area contributed by atoms with Crippen LogP contribution in [0.3, 0.4) is 0 Å². The van der Waals surface area contributed by atoms with Gasteiger partial charge in [0, 0.05) is 28.6 Å². The first kappa shape index (κ1) is 16.2. The molecule has 2 rings (SSSR count). The molecule has 0 atom stereocenters. The van der Waals surface area contributed by atoms with E-state index in [2.05, 4.69) is 29.6 Å². The Labute approximate surface area is 135 Å². The van der Waals surface area contributed by atoms with Gasteiger partial charge in [-0.1, -0.05) is 29.8 Å². The summed E-state index contributed by atoms with van der Waals surface area (Å²) in [5, 5.41) is 3.96. The van der Waals surface area contributed by atoms with Gasteiger partial charge in [0.1, 0.15) is 5.75 Å². The zero-order chi connectivity index (χ0) is 15.1. The van der Waals surface area contributed by atoms with Gasteiger partial charge in [-0.2, -0.15) is 11.8 Å². The van der Waals surface area contributed by atoms with Gasteiger partial charge in [-0.25, -0.2) is 0 Å². The molecule has 0 saturated carbocycles. The van der Waals surface area contributed by atoms with Crippen molar-refractivity contribution in [3.05, 3.63) is 64.2 Å². The summed E-state index contributed by atoms with van der Waals surface area (Å²) >= 11 is 7.78. The fourth-order valence-corrected chi connectivity index (χ4v) is 3.22. The average molecular weight is 322 g/mol. The van der Waals surface area contributed by atoms with E-state index in [4.69, 9.17) is 16.3 Å². The predicted octanol–water partition coefficient (Wildman–Crippen LogP) is 4.50. The Morgan fingerprint density at radius 1 is 1.05 bits per heavy atom. The highest BCUT2D eigenvalue weighted by molar-refractivity contribution is 7.97. The van der Waals surface area contributed by atoms with Gasteiger partial charge in [-0.3, -0.25) is 0 Å². The van der Waals surface area contributed by atoms with E-state index in [9.17, 15) is 0 Å². The number of halogens is 1. The normalized spacial score (nSPS) is 10.6. The monoisotopic (exact) mass is 321 g/mol. The Morgan fingerprint density at radius 3 is 2.43 bits per heavy atom. The molecular formula is C17H20ClNOS. The Kier molecular flexibility index (Phi) is 6.43. The molecule has 2 aromatic carbocycles. The molecule has 0 aromatic heterocycles. The summed E-state index contributed by atoms with van der Waals surface area (Å²) in [6.45, 7) is 0.874. The Hall–Kier alpha value is -1.16. The van der Waals surface area contributed by atoms with Crippen molar-refractivity contribution in [2.24, 2.45) is 0 Å². The van der Waals surface area contributed by atoms with Crippen LogP contribution in [0, 0.1) is 0 Å². The maximum absolute atomic E-state index is 5.90. The average Bonchev–Trinajstić information content (AvgIpc) is 2.50. The molecule has 0 bridgehead atoms. The second-order valence-corrected chi connectivity index (χ2v) is 6.22. The van der Waals surface area contributed by atoms with E-state index < -0.39 is 0 Å². The summed E-state index contributed by atoms with van der Waals surface area (Å²) in [6.07, 6.45) is 0. The maximum Gasteiger partial charge on any atom is 0.122 e. The predicted molar refractivity (Wildman–Crippen MR) is 92.2 cm³/mol. The molecule has 0 saturated heterocycles. The molecular weight excluding hydrogens is 302 g/mol. The topological polar surface area (TPSA) is 21.3 Å².